The number of rotatable bonds is 7. The van der Waals surface area contributed by atoms with E-state index in [1.165, 1.54) is 11.8 Å². The van der Waals surface area contributed by atoms with Gasteiger partial charge in [0.1, 0.15) is 5.75 Å². The lowest BCUT2D eigenvalue weighted by molar-refractivity contribution is -0.122. The van der Waals surface area contributed by atoms with E-state index in [9.17, 15) is 4.79 Å². The van der Waals surface area contributed by atoms with Crippen molar-refractivity contribution in [3.05, 3.63) is 50.4 Å². The molecule has 0 spiro atoms. The number of likely N-dealkylation sites (N-methyl/N-ethyl adjacent to an activating group) is 1. The standard InChI is InChI=1S/C23H25IN2O4S/c1-6-26-22(27)20(31-23(26)25-16-7-9-17(28-4)10-8-16)13-15-11-18(24)21(30-14(2)3)19(12-15)29-5/h7-14H,6H2,1-5H3/b20-13+,25-23?. The van der Waals surface area contributed by atoms with Crippen molar-refractivity contribution in [2.75, 3.05) is 20.8 Å². The lowest BCUT2D eigenvalue weighted by Crippen LogP contribution is -2.28. The van der Waals surface area contributed by atoms with Crippen LogP contribution < -0.4 is 14.2 Å². The van der Waals surface area contributed by atoms with Crippen molar-refractivity contribution in [2.24, 2.45) is 4.99 Å². The zero-order chi connectivity index (χ0) is 22.5. The first kappa shape index (κ1) is 23.5. The number of hydrogen-bond donors (Lipinski definition) is 0. The molecule has 31 heavy (non-hydrogen) atoms. The summed E-state index contributed by atoms with van der Waals surface area (Å²) in [6.45, 7) is 6.43. The number of methoxy groups -OCH3 is 2. The third-order valence-corrected chi connectivity index (χ3v) is 6.21. The lowest BCUT2D eigenvalue weighted by Gasteiger charge is -2.16. The molecular weight excluding hydrogens is 527 g/mol. The molecule has 1 heterocycles. The van der Waals surface area contributed by atoms with Gasteiger partial charge in [0.05, 0.1) is 34.5 Å². The van der Waals surface area contributed by atoms with Gasteiger partial charge in [-0.3, -0.25) is 9.69 Å². The molecule has 0 atom stereocenters. The van der Waals surface area contributed by atoms with Gasteiger partial charge in [-0.15, -0.1) is 0 Å². The molecule has 6 nitrogen and oxygen atoms in total. The molecule has 0 N–H and O–H groups in total. The Morgan fingerprint density at radius 2 is 1.87 bits per heavy atom. The Morgan fingerprint density at radius 1 is 1.16 bits per heavy atom. The zero-order valence-electron chi connectivity index (χ0n) is 18.1. The molecule has 0 aliphatic carbocycles. The molecule has 1 aliphatic rings. The molecule has 0 unspecified atom stereocenters. The van der Waals surface area contributed by atoms with Gasteiger partial charge >= 0.3 is 0 Å². The molecule has 0 saturated carbocycles. The highest BCUT2D eigenvalue weighted by Gasteiger charge is 2.32. The van der Waals surface area contributed by atoms with E-state index >= 15 is 0 Å². The van der Waals surface area contributed by atoms with Crippen molar-refractivity contribution in [2.45, 2.75) is 26.9 Å². The highest BCUT2D eigenvalue weighted by molar-refractivity contribution is 14.1. The fraction of sp³-hybridized carbons (Fsp3) is 0.304. The van der Waals surface area contributed by atoms with Crippen molar-refractivity contribution >= 4 is 57.2 Å². The summed E-state index contributed by atoms with van der Waals surface area (Å²) in [5.74, 6) is 2.06. The van der Waals surface area contributed by atoms with E-state index < -0.39 is 0 Å². The Hall–Kier alpha value is -2.20. The van der Waals surface area contributed by atoms with E-state index in [1.54, 1.807) is 19.1 Å². The number of aliphatic imine (C=N–C) groups is 1. The fourth-order valence-corrected chi connectivity index (χ4v) is 4.78. The van der Waals surface area contributed by atoms with Crippen LogP contribution in [-0.4, -0.2) is 42.8 Å². The van der Waals surface area contributed by atoms with Crippen LogP contribution in [0, 0.1) is 3.57 Å². The number of halogens is 1. The molecule has 8 heteroatoms. The number of carbonyl (C=O) groups excluding carboxylic acids is 1. The molecular formula is C23H25IN2O4S. The number of amides is 1. The number of benzene rings is 2. The van der Waals surface area contributed by atoms with Crippen molar-refractivity contribution in [3.63, 3.8) is 0 Å². The van der Waals surface area contributed by atoms with Gasteiger partial charge in [0.25, 0.3) is 5.91 Å². The molecule has 164 valence electrons. The normalized spacial score (nSPS) is 16.5. The van der Waals surface area contributed by atoms with Crippen molar-refractivity contribution in [1.29, 1.82) is 0 Å². The minimum absolute atomic E-state index is 0.0356. The molecule has 1 fully saturated rings. The summed E-state index contributed by atoms with van der Waals surface area (Å²) in [6, 6.07) is 11.3. The predicted molar refractivity (Wildman–Crippen MR) is 135 cm³/mol. The van der Waals surface area contributed by atoms with Crippen LogP contribution in [0.25, 0.3) is 6.08 Å². The van der Waals surface area contributed by atoms with E-state index in [2.05, 4.69) is 27.6 Å². The maximum Gasteiger partial charge on any atom is 0.266 e. The summed E-state index contributed by atoms with van der Waals surface area (Å²) >= 11 is 3.59. The average Bonchev–Trinajstić information content (AvgIpc) is 3.03. The average molecular weight is 552 g/mol. The minimum atomic E-state index is -0.0590. The van der Waals surface area contributed by atoms with E-state index in [-0.39, 0.29) is 12.0 Å². The number of carbonyl (C=O) groups is 1. The second kappa shape index (κ2) is 10.4. The molecule has 1 saturated heterocycles. The van der Waals surface area contributed by atoms with Crippen LogP contribution in [0.4, 0.5) is 5.69 Å². The van der Waals surface area contributed by atoms with Gasteiger partial charge in [-0.2, -0.15) is 0 Å². The first-order valence-electron chi connectivity index (χ1n) is 9.84. The van der Waals surface area contributed by atoms with Crippen LogP contribution in [0.5, 0.6) is 17.2 Å². The SMILES string of the molecule is CCN1C(=O)/C(=C\c2cc(I)c(OC(C)C)c(OC)c2)SC1=Nc1ccc(OC)cc1. The Kier molecular flexibility index (Phi) is 7.88. The van der Waals surface area contributed by atoms with Gasteiger partial charge in [0.15, 0.2) is 16.7 Å². The third-order valence-electron chi connectivity index (χ3n) is 4.40. The molecule has 2 aromatic carbocycles. The van der Waals surface area contributed by atoms with E-state index in [0.717, 1.165) is 20.6 Å². The fourth-order valence-electron chi connectivity index (χ4n) is 2.96. The number of thioether (sulfide) groups is 1. The lowest BCUT2D eigenvalue weighted by atomic mass is 10.2. The molecule has 0 radical (unpaired) electrons. The molecule has 2 aromatic rings. The Labute approximate surface area is 200 Å². The Balaban J connectivity index is 1.93. The predicted octanol–water partition coefficient (Wildman–Crippen LogP) is 5.72. The van der Waals surface area contributed by atoms with E-state index in [4.69, 9.17) is 14.2 Å². The van der Waals surface area contributed by atoms with Gasteiger partial charge in [0, 0.05) is 6.54 Å². The largest absolute Gasteiger partial charge is 0.497 e. The van der Waals surface area contributed by atoms with Crippen molar-refractivity contribution in [3.8, 4) is 17.2 Å². The highest BCUT2D eigenvalue weighted by Crippen LogP contribution is 2.38. The van der Waals surface area contributed by atoms with Gasteiger partial charge in [-0.1, -0.05) is 0 Å². The van der Waals surface area contributed by atoms with Crippen molar-refractivity contribution < 1.29 is 19.0 Å². The van der Waals surface area contributed by atoms with E-state index in [0.29, 0.717) is 28.1 Å². The summed E-state index contributed by atoms with van der Waals surface area (Å²) in [6.07, 6.45) is 1.91. The van der Waals surface area contributed by atoms with E-state index in [1.807, 2.05) is 63.2 Å². The monoisotopic (exact) mass is 552 g/mol. The Morgan fingerprint density at radius 3 is 2.45 bits per heavy atom. The van der Waals surface area contributed by atoms with Crippen LogP contribution in [-0.2, 0) is 4.79 Å². The smallest absolute Gasteiger partial charge is 0.266 e. The zero-order valence-corrected chi connectivity index (χ0v) is 21.1. The Bertz CT molecular complexity index is 1020. The van der Waals surface area contributed by atoms with Crippen LogP contribution in [0.1, 0.15) is 26.3 Å². The second-order valence-corrected chi connectivity index (χ2v) is 9.12. The van der Waals surface area contributed by atoms with Gasteiger partial charge in [-0.05, 0) is 103 Å². The number of amidine groups is 1. The number of nitrogens with zero attached hydrogens (tertiary/aromatic N) is 2. The maximum absolute atomic E-state index is 13.0. The van der Waals surface area contributed by atoms with Crippen molar-refractivity contribution in [1.82, 2.24) is 4.90 Å². The molecule has 0 bridgehead atoms. The molecule has 0 aromatic heterocycles. The van der Waals surface area contributed by atoms with Crippen LogP contribution >= 0.6 is 34.4 Å². The highest BCUT2D eigenvalue weighted by atomic mass is 127. The summed E-state index contributed by atoms with van der Waals surface area (Å²) in [5, 5.41) is 0.658. The number of ether oxygens (including phenoxy) is 3. The topological polar surface area (TPSA) is 60.4 Å². The molecule has 1 aliphatic heterocycles. The summed E-state index contributed by atoms with van der Waals surface area (Å²) in [4.78, 5) is 19.9. The number of hydrogen-bond acceptors (Lipinski definition) is 6. The first-order chi connectivity index (χ1) is 14.9. The quantitative estimate of drug-likeness (QED) is 0.325. The molecule has 3 rings (SSSR count). The summed E-state index contributed by atoms with van der Waals surface area (Å²) in [7, 11) is 3.24. The third kappa shape index (κ3) is 5.54. The van der Waals surface area contributed by atoms with Crippen LogP contribution in [0.2, 0.25) is 0 Å². The van der Waals surface area contributed by atoms with Crippen LogP contribution in [0.3, 0.4) is 0 Å². The van der Waals surface area contributed by atoms with Gasteiger partial charge in [-0.25, -0.2) is 4.99 Å². The maximum atomic E-state index is 13.0. The molecule has 1 amide bonds. The van der Waals surface area contributed by atoms with Gasteiger partial charge in [0.2, 0.25) is 0 Å². The summed E-state index contributed by atoms with van der Waals surface area (Å²) < 4.78 is 17.5. The van der Waals surface area contributed by atoms with Crippen LogP contribution in [0.15, 0.2) is 46.3 Å². The minimum Gasteiger partial charge on any atom is -0.497 e. The summed E-state index contributed by atoms with van der Waals surface area (Å²) in [5.41, 5.74) is 1.64. The van der Waals surface area contributed by atoms with Gasteiger partial charge < -0.3 is 14.2 Å². The first-order valence-corrected chi connectivity index (χ1v) is 11.7. The second-order valence-electron chi connectivity index (χ2n) is 6.95.